The van der Waals surface area contributed by atoms with Crippen LogP contribution in [0.3, 0.4) is 0 Å². The molecule has 1 saturated carbocycles. The molecule has 1 aliphatic heterocycles. The molecule has 2 heterocycles. The Hall–Kier alpha value is -1.48. The molecule has 26 heavy (non-hydrogen) atoms. The minimum absolute atomic E-state index is 0.172. The quantitative estimate of drug-likeness (QED) is 0.735. The van der Waals surface area contributed by atoms with Crippen molar-refractivity contribution < 1.29 is 17.7 Å². The first-order chi connectivity index (χ1) is 12.2. The molecule has 0 spiro atoms. The molecule has 1 aliphatic carbocycles. The van der Waals surface area contributed by atoms with Crippen molar-refractivity contribution in [3.05, 3.63) is 11.7 Å². The first-order valence-corrected chi connectivity index (χ1v) is 11.1. The highest BCUT2D eigenvalue weighted by atomic mass is 32.2. The maximum absolute atomic E-state index is 12.8. The minimum atomic E-state index is -3.37. The van der Waals surface area contributed by atoms with Gasteiger partial charge in [-0.15, -0.1) is 0 Å². The Kier molecular flexibility index (Phi) is 5.39. The lowest BCUT2D eigenvalue weighted by Gasteiger charge is -2.48. The SMILES string of the molecule is Cc1nc(CCN(C2CN(C(=O)C3(C)CCCCC3)C2)S(C)(=O)=O)no1. The van der Waals surface area contributed by atoms with Gasteiger partial charge in [0, 0.05) is 38.4 Å². The molecule has 0 radical (unpaired) electrons. The van der Waals surface area contributed by atoms with E-state index in [-0.39, 0.29) is 17.4 Å². The van der Waals surface area contributed by atoms with Crippen molar-refractivity contribution >= 4 is 15.9 Å². The van der Waals surface area contributed by atoms with Gasteiger partial charge in [-0.1, -0.05) is 31.3 Å². The largest absolute Gasteiger partial charge is 0.340 e. The van der Waals surface area contributed by atoms with Crippen molar-refractivity contribution in [3.8, 4) is 0 Å². The molecule has 146 valence electrons. The number of rotatable bonds is 6. The van der Waals surface area contributed by atoms with Crippen LogP contribution in [0.1, 0.15) is 50.7 Å². The topological polar surface area (TPSA) is 96.6 Å². The lowest BCUT2D eigenvalue weighted by atomic mass is 9.74. The van der Waals surface area contributed by atoms with Crippen molar-refractivity contribution in [1.82, 2.24) is 19.3 Å². The smallest absolute Gasteiger partial charge is 0.228 e. The number of hydrogen-bond acceptors (Lipinski definition) is 6. The number of amides is 1. The van der Waals surface area contributed by atoms with Crippen LogP contribution >= 0.6 is 0 Å². The summed E-state index contributed by atoms with van der Waals surface area (Å²) in [7, 11) is -3.37. The predicted octanol–water partition coefficient (Wildman–Crippen LogP) is 1.36. The number of hydrogen-bond donors (Lipinski definition) is 0. The molecule has 2 aliphatic rings. The molecule has 1 amide bonds. The molecule has 1 saturated heterocycles. The first-order valence-electron chi connectivity index (χ1n) is 9.24. The van der Waals surface area contributed by atoms with E-state index in [2.05, 4.69) is 17.1 Å². The Morgan fingerprint density at radius 1 is 1.31 bits per heavy atom. The van der Waals surface area contributed by atoms with E-state index in [0.717, 1.165) is 25.7 Å². The van der Waals surface area contributed by atoms with Crippen LogP contribution < -0.4 is 0 Å². The zero-order valence-corrected chi connectivity index (χ0v) is 16.6. The molecule has 0 atom stereocenters. The van der Waals surface area contributed by atoms with Gasteiger partial charge in [-0.05, 0) is 12.8 Å². The molecule has 8 nitrogen and oxygen atoms in total. The second-order valence-corrected chi connectivity index (χ2v) is 9.77. The number of likely N-dealkylation sites (tertiary alicyclic amines) is 1. The van der Waals surface area contributed by atoms with Gasteiger partial charge in [0.15, 0.2) is 5.82 Å². The number of aromatic nitrogens is 2. The van der Waals surface area contributed by atoms with Crippen LogP contribution in [0.15, 0.2) is 4.52 Å². The molecule has 0 bridgehead atoms. The number of aryl methyl sites for hydroxylation is 1. The van der Waals surface area contributed by atoms with E-state index in [4.69, 9.17) is 4.52 Å². The van der Waals surface area contributed by atoms with Crippen molar-refractivity contribution in [1.29, 1.82) is 0 Å². The molecule has 0 aromatic carbocycles. The third-order valence-electron chi connectivity index (χ3n) is 5.58. The second kappa shape index (κ2) is 7.26. The molecular weight excluding hydrogens is 356 g/mol. The summed E-state index contributed by atoms with van der Waals surface area (Å²) in [6.45, 7) is 4.97. The first kappa shape index (κ1) is 19.3. The maximum atomic E-state index is 12.8. The highest BCUT2D eigenvalue weighted by Crippen LogP contribution is 2.38. The van der Waals surface area contributed by atoms with E-state index in [1.165, 1.54) is 17.0 Å². The second-order valence-electron chi connectivity index (χ2n) is 7.84. The normalized spacial score (nSPS) is 21.0. The van der Waals surface area contributed by atoms with Gasteiger partial charge in [0.25, 0.3) is 0 Å². The lowest BCUT2D eigenvalue weighted by molar-refractivity contribution is -0.149. The Bertz CT molecular complexity index is 749. The Morgan fingerprint density at radius 3 is 2.50 bits per heavy atom. The Balaban J connectivity index is 1.59. The molecule has 0 unspecified atom stereocenters. The summed E-state index contributed by atoms with van der Waals surface area (Å²) in [5.41, 5.74) is -0.276. The third kappa shape index (κ3) is 4.09. The van der Waals surface area contributed by atoms with Crippen molar-refractivity contribution in [2.24, 2.45) is 5.41 Å². The van der Waals surface area contributed by atoms with Gasteiger partial charge in [0.1, 0.15) is 0 Å². The fourth-order valence-corrected chi connectivity index (χ4v) is 5.10. The number of carbonyl (C=O) groups is 1. The maximum Gasteiger partial charge on any atom is 0.228 e. The van der Waals surface area contributed by atoms with Crippen LogP contribution in [0.4, 0.5) is 0 Å². The molecule has 2 fully saturated rings. The highest BCUT2D eigenvalue weighted by Gasteiger charge is 2.44. The van der Waals surface area contributed by atoms with Crippen LogP contribution in [0.2, 0.25) is 0 Å². The van der Waals surface area contributed by atoms with E-state index >= 15 is 0 Å². The van der Waals surface area contributed by atoms with E-state index in [1.807, 2.05) is 4.90 Å². The summed E-state index contributed by atoms with van der Waals surface area (Å²) in [5, 5.41) is 3.81. The van der Waals surface area contributed by atoms with E-state index in [9.17, 15) is 13.2 Å². The van der Waals surface area contributed by atoms with Crippen LogP contribution in [0.5, 0.6) is 0 Å². The number of carbonyl (C=O) groups excluding carboxylic acids is 1. The van der Waals surface area contributed by atoms with Gasteiger partial charge in [0.05, 0.1) is 12.3 Å². The van der Waals surface area contributed by atoms with Gasteiger partial charge in [-0.25, -0.2) is 8.42 Å². The fourth-order valence-electron chi connectivity index (χ4n) is 4.00. The average Bonchev–Trinajstić information content (AvgIpc) is 2.94. The standard InChI is InChI=1S/C17H28N4O4S/c1-13-18-15(19-25-13)7-10-21(26(3,23)24)14-11-20(12-14)16(22)17(2)8-5-4-6-9-17/h14H,4-12H2,1-3H3. The molecule has 3 rings (SSSR count). The summed E-state index contributed by atoms with van der Waals surface area (Å²) in [6.07, 6.45) is 6.86. The van der Waals surface area contributed by atoms with Crippen LogP contribution in [-0.2, 0) is 21.2 Å². The summed E-state index contributed by atoms with van der Waals surface area (Å²) in [5.74, 6) is 1.14. The highest BCUT2D eigenvalue weighted by molar-refractivity contribution is 7.88. The van der Waals surface area contributed by atoms with Gasteiger partial charge in [-0.3, -0.25) is 4.79 Å². The van der Waals surface area contributed by atoms with Crippen LogP contribution in [-0.4, -0.2) is 65.6 Å². The zero-order chi connectivity index (χ0) is 18.9. The monoisotopic (exact) mass is 384 g/mol. The fraction of sp³-hybridized carbons (Fsp3) is 0.824. The molecule has 1 aromatic heterocycles. The summed E-state index contributed by atoms with van der Waals surface area (Å²) < 4.78 is 30.8. The van der Waals surface area contributed by atoms with Gasteiger partial charge in [0.2, 0.25) is 21.8 Å². The molecule has 9 heteroatoms. The molecule has 1 aromatic rings. The van der Waals surface area contributed by atoms with E-state index in [1.54, 1.807) is 6.92 Å². The summed E-state index contributed by atoms with van der Waals surface area (Å²) >= 11 is 0. The Morgan fingerprint density at radius 2 is 1.96 bits per heavy atom. The summed E-state index contributed by atoms with van der Waals surface area (Å²) in [4.78, 5) is 18.8. The molecular formula is C17H28N4O4S. The number of sulfonamides is 1. The predicted molar refractivity (Wildman–Crippen MR) is 95.8 cm³/mol. The van der Waals surface area contributed by atoms with Gasteiger partial charge < -0.3 is 9.42 Å². The van der Waals surface area contributed by atoms with Crippen molar-refractivity contribution in [2.45, 2.75) is 58.4 Å². The van der Waals surface area contributed by atoms with Crippen LogP contribution in [0, 0.1) is 12.3 Å². The zero-order valence-electron chi connectivity index (χ0n) is 15.8. The van der Waals surface area contributed by atoms with Crippen molar-refractivity contribution in [3.63, 3.8) is 0 Å². The minimum Gasteiger partial charge on any atom is -0.340 e. The number of nitrogens with zero attached hydrogens (tertiary/aromatic N) is 4. The van der Waals surface area contributed by atoms with Crippen LogP contribution in [0.25, 0.3) is 0 Å². The lowest BCUT2D eigenvalue weighted by Crippen LogP contribution is -2.64. The van der Waals surface area contributed by atoms with Gasteiger partial charge in [-0.2, -0.15) is 9.29 Å². The summed E-state index contributed by atoms with van der Waals surface area (Å²) in [6, 6.07) is -0.172. The molecule has 0 N–H and O–H groups in total. The van der Waals surface area contributed by atoms with E-state index in [0.29, 0.717) is 37.8 Å². The van der Waals surface area contributed by atoms with Gasteiger partial charge >= 0.3 is 0 Å². The van der Waals surface area contributed by atoms with E-state index < -0.39 is 10.0 Å². The average molecular weight is 385 g/mol. The third-order valence-corrected chi connectivity index (χ3v) is 6.91. The Labute approximate surface area is 155 Å². The van der Waals surface area contributed by atoms with Crippen molar-refractivity contribution in [2.75, 3.05) is 25.9 Å².